The van der Waals surface area contributed by atoms with Crippen LogP contribution in [0.25, 0.3) is 0 Å². The van der Waals surface area contributed by atoms with Gasteiger partial charge in [0.05, 0.1) is 0 Å². The summed E-state index contributed by atoms with van der Waals surface area (Å²) in [6.07, 6.45) is 0.870. The van der Waals surface area contributed by atoms with Gasteiger partial charge in [-0.05, 0) is 43.2 Å². The number of methoxy groups -OCH3 is 1. The molecule has 0 bridgehead atoms. The standard InChI is InChI=1S/C16H19ClN4O2/c1-11-4-5-12(17)10-14(11)19-16(22)13-6-7-15(21-20-13)18-8-3-9-23-2/h4-7,10H,3,8-9H2,1-2H3,(H,18,21)(H,19,22). The molecule has 0 spiro atoms. The van der Waals surface area contributed by atoms with Gasteiger partial charge < -0.3 is 15.4 Å². The smallest absolute Gasteiger partial charge is 0.276 e. The topological polar surface area (TPSA) is 76.1 Å². The highest BCUT2D eigenvalue weighted by Gasteiger charge is 2.10. The molecule has 0 saturated carbocycles. The number of nitrogens with one attached hydrogen (secondary N) is 2. The van der Waals surface area contributed by atoms with Crippen LogP contribution in [0.2, 0.25) is 5.02 Å². The van der Waals surface area contributed by atoms with Crippen LogP contribution in [0.15, 0.2) is 30.3 Å². The molecule has 1 heterocycles. The van der Waals surface area contributed by atoms with E-state index in [0.29, 0.717) is 23.1 Å². The largest absolute Gasteiger partial charge is 0.385 e. The molecular weight excluding hydrogens is 316 g/mol. The van der Waals surface area contributed by atoms with Crippen LogP contribution in [0, 0.1) is 6.92 Å². The van der Waals surface area contributed by atoms with E-state index < -0.39 is 0 Å². The molecule has 0 aliphatic rings. The summed E-state index contributed by atoms with van der Waals surface area (Å²) in [4.78, 5) is 12.2. The molecule has 1 aromatic carbocycles. The lowest BCUT2D eigenvalue weighted by atomic mass is 10.2. The minimum atomic E-state index is -0.325. The van der Waals surface area contributed by atoms with E-state index in [-0.39, 0.29) is 11.6 Å². The lowest BCUT2D eigenvalue weighted by molar-refractivity contribution is 0.102. The number of carbonyl (C=O) groups excluding carboxylic acids is 1. The lowest BCUT2D eigenvalue weighted by Gasteiger charge is -2.09. The van der Waals surface area contributed by atoms with Crippen LogP contribution in [0.4, 0.5) is 11.5 Å². The monoisotopic (exact) mass is 334 g/mol. The van der Waals surface area contributed by atoms with E-state index in [1.54, 1.807) is 31.4 Å². The summed E-state index contributed by atoms with van der Waals surface area (Å²) < 4.78 is 4.97. The van der Waals surface area contributed by atoms with Crippen LogP contribution < -0.4 is 10.6 Å². The highest BCUT2D eigenvalue weighted by Crippen LogP contribution is 2.20. The maximum absolute atomic E-state index is 12.2. The first-order chi connectivity index (χ1) is 11.1. The van der Waals surface area contributed by atoms with Gasteiger partial charge in [0.1, 0.15) is 5.82 Å². The third-order valence-corrected chi connectivity index (χ3v) is 3.41. The summed E-state index contributed by atoms with van der Waals surface area (Å²) in [5.41, 5.74) is 1.82. The first-order valence-corrected chi connectivity index (χ1v) is 7.62. The maximum atomic E-state index is 12.2. The Morgan fingerprint density at radius 1 is 1.26 bits per heavy atom. The average Bonchev–Trinajstić information content (AvgIpc) is 2.55. The van der Waals surface area contributed by atoms with Gasteiger partial charge in [0.15, 0.2) is 5.69 Å². The number of benzene rings is 1. The van der Waals surface area contributed by atoms with Crippen molar-refractivity contribution in [3.63, 3.8) is 0 Å². The van der Waals surface area contributed by atoms with E-state index in [1.807, 2.05) is 13.0 Å². The Labute approximate surface area is 140 Å². The zero-order valence-electron chi connectivity index (χ0n) is 13.1. The van der Waals surface area contributed by atoms with Gasteiger partial charge >= 0.3 is 0 Å². The number of halogens is 1. The molecule has 0 unspecified atom stereocenters. The Balaban J connectivity index is 1.96. The fourth-order valence-electron chi connectivity index (χ4n) is 1.90. The van der Waals surface area contributed by atoms with Gasteiger partial charge in [-0.2, -0.15) is 0 Å². The second-order valence-corrected chi connectivity index (χ2v) is 5.43. The fourth-order valence-corrected chi connectivity index (χ4v) is 2.07. The van der Waals surface area contributed by atoms with Crippen molar-refractivity contribution < 1.29 is 9.53 Å². The Bertz CT molecular complexity index is 662. The second-order valence-electron chi connectivity index (χ2n) is 4.99. The number of anilines is 2. The molecule has 2 aromatic rings. The Hall–Kier alpha value is -2.18. The summed E-state index contributed by atoms with van der Waals surface area (Å²) >= 11 is 5.94. The zero-order valence-corrected chi connectivity index (χ0v) is 13.9. The number of ether oxygens (including phenoxy) is 1. The molecule has 0 aliphatic carbocycles. The van der Waals surface area contributed by atoms with Crippen molar-refractivity contribution in [2.45, 2.75) is 13.3 Å². The van der Waals surface area contributed by atoms with Gasteiger partial charge in [-0.1, -0.05) is 17.7 Å². The van der Waals surface area contributed by atoms with E-state index in [1.165, 1.54) is 0 Å². The molecule has 1 amide bonds. The van der Waals surface area contributed by atoms with Crippen molar-refractivity contribution >= 4 is 29.0 Å². The molecule has 1 aromatic heterocycles. The van der Waals surface area contributed by atoms with Crippen LogP contribution in [0.1, 0.15) is 22.5 Å². The molecule has 2 N–H and O–H groups in total. The zero-order chi connectivity index (χ0) is 16.7. The predicted molar refractivity (Wildman–Crippen MR) is 91.2 cm³/mol. The fraction of sp³-hybridized carbons (Fsp3) is 0.312. The highest BCUT2D eigenvalue weighted by atomic mass is 35.5. The molecular formula is C16H19ClN4O2. The maximum Gasteiger partial charge on any atom is 0.276 e. The van der Waals surface area contributed by atoms with Crippen molar-refractivity contribution in [2.24, 2.45) is 0 Å². The summed E-state index contributed by atoms with van der Waals surface area (Å²) in [6.45, 7) is 3.31. The third-order valence-electron chi connectivity index (χ3n) is 3.18. The number of rotatable bonds is 7. The van der Waals surface area contributed by atoms with Crippen molar-refractivity contribution in [1.29, 1.82) is 0 Å². The number of hydrogen-bond donors (Lipinski definition) is 2. The quantitative estimate of drug-likeness (QED) is 0.761. The van der Waals surface area contributed by atoms with Gasteiger partial charge in [0.2, 0.25) is 0 Å². The number of nitrogens with zero attached hydrogens (tertiary/aromatic N) is 2. The van der Waals surface area contributed by atoms with Gasteiger partial charge in [-0.3, -0.25) is 4.79 Å². The molecule has 23 heavy (non-hydrogen) atoms. The third kappa shape index (κ3) is 5.19. The molecule has 0 saturated heterocycles. The lowest BCUT2D eigenvalue weighted by Crippen LogP contribution is -2.16. The number of aromatic nitrogens is 2. The van der Waals surface area contributed by atoms with Gasteiger partial charge in [0, 0.05) is 31.0 Å². The number of carbonyl (C=O) groups is 1. The van der Waals surface area contributed by atoms with Crippen LogP contribution in [0.3, 0.4) is 0 Å². The Morgan fingerprint density at radius 2 is 2.09 bits per heavy atom. The minimum absolute atomic E-state index is 0.242. The first kappa shape index (κ1) is 17.2. The minimum Gasteiger partial charge on any atom is -0.385 e. The summed E-state index contributed by atoms with van der Waals surface area (Å²) in [5.74, 6) is 0.297. The number of hydrogen-bond acceptors (Lipinski definition) is 5. The van der Waals surface area contributed by atoms with Crippen molar-refractivity contribution in [3.05, 3.63) is 46.6 Å². The predicted octanol–water partition coefficient (Wildman–Crippen LogP) is 3.14. The van der Waals surface area contributed by atoms with E-state index >= 15 is 0 Å². The SMILES string of the molecule is COCCCNc1ccc(C(=O)Nc2cc(Cl)ccc2C)nn1. The first-order valence-electron chi connectivity index (χ1n) is 7.24. The summed E-state index contributed by atoms with van der Waals surface area (Å²) in [7, 11) is 1.66. The summed E-state index contributed by atoms with van der Waals surface area (Å²) in [5, 5.41) is 14.4. The van der Waals surface area contributed by atoms with Gasteiger partial charge in [-0.25, -0.2) is 0 Å². The summed E-state index contributed by atoms with van der Waals surface area (Å²) in [6, 6.07) is 8.67. The van der Waals surface area contributed by atoms with Crippen molar-refractivity contribution in [1.82, 2.24) is 10.2 Å². The highest BCUT2D eigenvalue weighted by molar-refractivity contribution is 6.31. The Kier molecular flexibility index (Phi) is 6.31. The van der Waals surface area contributed by atoms with Crippen LogP contribution >= 0.6 is 11.6 Å². The second kappa shape index (κ2) is 8.45. The van der Waals surface area contributed by atoms with Crippen LogP contribution in [-0.2, 0) is 4.74 Å². The van der Waals surface area contributed by atoms with Crippen LogP contribution in [-0.4, -0.2) is 36.4 Å². The molecule has 0 aliphatic heterocycles. The molecule has 7 heteroatoms. The van der Waals surface area contributed by atoms with E-state index in [4.69, 9.17) is 16.3 Å². The molecule has 0 atom stereocenters. The van der Waals surface area contributed by atoms with Crippen molar-refractivity contribution in [2.75, 3.05) is 30.9 Å². The molecule has 2 rings (SSSR count). The van der Waals surface area contributed by atoms with E-state index in [9.17, 15) is 4.79 Å². The molecule has 122 valence electrons. The molecule has 6 nitrogen and oxygen atoms in total. The van der Waals surface area contributed by atoms with Crippen molar-refractivity contribution in [3.8, 4) is 0 Å². The van der Waals surface area contributed by atoms with E-state index in [2.05, 4.69) is 20.8 Å². The van der Waals surface area contributed by atoms with Gasteiger partial charge in [-0.15, -0.1) is 10.2 Å². The molecule has 0 radical (unpaired) electrons. The van der Waals surface area contributed by atoms with E-state index in [0.717, 1.165) is 18.5 Å². The average molecular weight is 335 g/mol. The Morgan fingerprint density at radius 3 is 2.78 bits per heavy atom. The molecule has 0 fully saturated rings. The van der Waals surface area contributed by atoms with Gasteiger partial charge in [0.25, 0.3) is 5.91 Å². The van der Waals surface area contributed by atoms with Crippen LogP contribution in [0.5, 0.6) is 0 Å². The number of amides is 1. The number of aryl methyl sites for hydroxylation is 1. The normalized spacial score (nSPS) is 10.4.